The average molecular weight is 290 g/mol. The zero-order chi connectivity index (χ0) is 15.5. The topological polar surface area (TPSA) is 49.8 Å². The van der Waals surface area contributed by atoms with E-state index in [1.54, 1.807) is 0 Å². The van der Waals surface area contributed by atoms with E-state index in [4.69, 9.17) is 4.98 Å². The predicted octanol–water partition coefficient (Wildman–Crippen LogP) is 4.05. The van der Waals surface area contributed by atoms with Crippen LogP contribution in [0.15, 0.2) is 6.07 Å². The van der Waals surface area contributed by atoms with Gasteiger partial charge in [0.15, 0.2) is 0 Å². The molecule has 118 valence electrons. The molecule has 2 atom stereocenters. The number of anilines is 2. The van der Waals surface area contributed by atoms with Gasteiger partial charge < -0.3 is 10.6 Å². The maximum atomic E-state index is 4.70. The van der Waals surface area contributed by atoms with Gasteiger partial charge in [0.2, 0.25) is 0 Å². The van der Waals surface area contributed by atoms with Crippen LogP contribution in [-0.2, 0) is 5.41 Å². The maximum Gasteiger partial charge on any atom is 0.138 e. The van der Waals surface area contributed by atoms with Crippen molar-refractivity contribution in [3.8, 4) is 0 Å². The minimum atomic E-state index is -0.0403. The number of nitrogens with one attached hydrogen (secondary N) is 2. The van der Waals surface area contributed by atoms with Gasteiger partial charge in [-0.25, -0.2) is 9.97 Å². The van der Waals surface area contributed by atoms with Crippen LogP contribution in [0, 0.1) is 11.8 Å². The molecule has 0 spiro atoms. The highest BCUT2D eigenvalue weighted by Crippen LogP contribution is 2.30. The Morgan fingerprint density at radius 2 is 1.81 bits per heavy atom. The minimum Gasteiger partial charge on any atom is -0.373 e. The summed E-state index contributed by atoms with van der Waals surface area (Å²) >= 11 is 0. The molecule has 1 aromatic heterocycles. The van der Waals surface area contributed by atoms with E-state index in [9.17, 15) is 0 Å². The van der Waals surface area contributed by atoms with Crippen LogP contribution in [0.1, 0.15) is 59.2 Å². The molecule has 0 aromatic carbocycles. The molecule has 1 aromatic rings. The zero-order valence-corrected chi connectivity index (χ0v) is 14.2. The molecule has 0 amide bonds. The smallest absolute Gasteiger partial charge is 0.138 e. The van der Waals surface area contributed by atoms with Crippen molar-refractivity contribution in [1.29, 1.82) is 0 Å². The lowest BCUT2D eigenvalue weighted by molar-refractivity contribution is 0.268. The fourth-order valence-corrected chi connectivity index (χ4v) is 2.93. The maximum absolute atomic E-state index is 4.70. The van der Waals surface area contributed by atoms with Crippen LogP contribution in [0.4, 0.5) is 11.6 Å². The summed E-state index contributed by atoms with van der Waals surface area (Å²) in [5.74, 6) is 4.29. The molecule has 0 radical (unpaired) electrons. The lowest BCUT2D eigenvalue weighted by Crippen LogP contribution is -2.25. The molecule has 0 saturated heterocycles. The van der Waals surface area contributed by atoms with E-state index in [1.807, 2.05) is 13.1 Å². The van der Waals surface area contributed by atoms with Gasteiger partial charge >= 0.3 is 0 Å². The van der Waals surface area contributed by atoms with Crippen LogP contribution in [0.25, 0.3) is 0 Å². The molecule has 1 aliphatic rings. The highest BCUT2D eigenvalue weighted by atomic mass is 15.1. The average Bonchev–Trinajstić information content (AvgIpc) is 2.45. The summed E-state index contributed by atoms with van der Waals surface area (Å²) in [5, 5.41) is 6.68. The third-order valence-corrected chi connectivity index (χ3v) is 4.49. The quantitative estimate of drug-likeness (QED) is 0.878. The van der Waals surface area contributed by atoms with E-state index >= 15 is 0 Å². The van der Waals surface area contributed by atoms with Crippen LogP contribution >= 0.6 is 0 Å². The molecule has 1 heterocycles. The third-order valence-electron chi connectivity index (χ3n) is 4.49. The summed E-state index contributed by atoms with van der Waals surface area (Å²) in [5.41, 5.74) is -0.0403. The molecular weight excluding hydrogens is 260 g/mol. The summed E-state index contributed by atoms with van der Waals surface area (Å²) in [6, 6.07) is 2.00. The van der Waals surface area contributed by atoms with Gasteiger partial charge in [-0.05, 0) is 18.3 Å². The van der Waals surface area contributed by atoms with Gasteiger partial charge in [0.05, 0.1) is 0 Å². The van der Waals surface area contributed by atoms with Crippen molar-refractivity contribution in [2.24, 2.45) is 11.8 Å². The van der Waals surface area contributed by atoms with Gasteiger partial charge in [-0.1, -0.05) is 47.0 Å². The Bertz CT molecular complexity index is 464. The lowest BCUT2D eigenvalue weighted by Gasteiger charge is -2.29. The van der Waals surface area contributed by atoms with Crippen LogP contribution in [0.5, 0.6) is 0 Å². The first-order chi connectivity index (χ1) is 9.90. The SMILES string of the molecule is CNc1cc(NCC2CCCCC2C)nc(C(C)(C)C)n1. The fourth-order valence-electron chi connectivity index (χ4n) is 2.93. The van der Waals surface area contributed by atoms with Crippen LogP contribution in [0.3, 0.4) is 0 Å². The molecule has 1 fully saturated rings. The molecule has 0 aliphatic heterocycles. The number of aromatic nitrogens is 2. The Balaban J connectivity index is 2.08. The van der Waals surface area contributed by atoms with Crippen molar-refractivity contribution in [2.45, 2.75) is 58.8 Å². The zero-order valence-electron chi connectivity index (χ0n) is 14.2. The highest BCUT2D eigenvalue weighted by Gasteiger charge is 2.22. The highest BCUT2D eigenvalue weighted by molar-refractivity contribution is 5.47. The van der Waals surface area contributed by atoms with Gasteiger partial charge in [-0.2, -0.15) is 0 Å². The van der Waals surface area contributed by atoms with E-state index < -0.39 is 0 Å². The summed E-state index contributed by atoms with van der Waals surface area (Å²) < 4.78 is 0. The first-order valence-electron chi connectivity index (χ1n) is 8.21. The molecule has 1 saturated carbocycles. The van der Waals surface area contributed by atoms with E-state index in [2.05, 4.69) is 43.3 Å². The number of rotatable bonds is 4. The second-order valence-corrected chi connectivity index (χ2v) is 7.36. The molecule has 2 N–H and O–H groups in total. The van der Waals surface area contributed by atoms with E-state index in [-0.39, 0.29) is 5.41 Å². The first-order valence-corrected chi connectivity index (χ1v) is 8.21. The molecule has 21 heavy (non-hydrogen) atoms. The standard InChI is InChI=1S/C17H30N4/c1-12-8-6-7-9-13(12)11-19-15-10-14(18-5)20-16(21-15)17(2,3)4/h10,12-13H,6-9,11H2,1-5H3,(H2,18,19,20,21). The van der Waals surface area contributed by atoms with Crippen molar-refractivity contribution < 1.29 is 0 Å². The van der Waals surface area contributed by atoms with E-state index in [0.29, 0.717) is 0 Å². The van der Waals surface area contributed by atoms with Gasteiger partial charge in [-0.15, -0.1) is 0 Å². The summed E-state index contributed by atoms with van der Waals surface area (Å²) in [7, 11) is 1.90. The van der Waals surface area contributed by atoms with Crippen LogP contribution in [-0.4, -0.2) is 23.6 Å². The number of hydrogen-bond acceptors (Lipinski definition) is 4. The van der Waals surface area contributed by atoms with Crippen molar-refractivity contribution in [3.63, 3.8) is 0 Å². The molecule has 0 bridgehead atoms. The normalized spacial score (nSPS) is 22.9. The Morgan fingerprint density at radius 3 is 2.43 bits per heavy atom. The van der Waals surface area contributed by atoms with Crippen LogP contribution in [0.2, 0.25) is 0 Å². The largest absolute Gasteiger partial charge is 0.373 e. The lowest BCUT2D eigenvalue weighted by atomic mass is 9.80. The third kappa shape index (κ3) is 4.32. The summed E-state index contributed by atoms with van der Waals surface area (Å²) in [6.07, 6.45) is 5.47. The minimum absolute atomic E-state index is 0.0403. The van der Waals surface area contributed by atoms with Gasteiger partial charge in [0.1, 0.15) is 17.5 Å². The molecular formula is C17H30N4. The predicted molar refractivity (Wildman–Crippen MR) is 89.9 cm³/mol. The van der Waals surface area contributed by atoms with Gasteiger partial charge in [-0.3, -0.25) is 0 Å². The summed E-state index contributed by atoms with van der Waals surface area (Å²) in [4.78, 5) is 9.27. The van der Waals surface area contributed by atoms with Gasteiger partial charge in [0, 0.05) is 25.1 Å². The van der Waals surface area contributed by atoms with Crippen molar-refractivity contribution in [3.05, 3.63) is 11.9 Å². The van der Waals surface area contributed by atoms with E-state index in [0.717, 1.165) is 35.8 Å². The fraction of sp³-hybridized carbons (Fsp3) is 0.765. The second kappa shape index (κ2) is 6.63. The number of nitrogens with zero attached hydrogens (tertiary/aromatic N) is 2. The molecule has 2 rings (SSSR count). The molecule has 4 heteroatoms. The van der Waals surface area contributed by atoms with Crippen LogP contribution < -0.4 is 10.6 Å². The van der Waals surface area contributed by atoms with Crippen molar-refractivity contribution >= 4 is 11.6 Å². The van der Waals surface area contributed by atoms with Gasteiger partial charge in [0.25, 0.3) is 0 Å². The Hall–Kier alpha value is -1.32. The molecule has 1 aliphatic carbocycles. The molecule has 2 unspecified atom stereocenters. The number of hydrogen-bond donors (Lipinski definition) is 2. The Kier molecular flexibility index (Phi) is 5.07. The molecule has 4 nitrogen and oxygen atoms in total. The second-order valence-electron chi connectivity index (χ2n) is 7.36. The van der Waals surface area contributed by atoms with E-state index in [1.165, 1.54) is 25.7 Å². The Labute approximate surface area is 129 Å². The van der Waals surface area contributed by atoms with Crippen molar-refractivity contribution in [2.75, 3.05) is 24.2 Å². The van der Waals surface area contributed by atoms with Crippen molar-refractivity contribution in [1.82, 2.24) is 9.97 Å². The summed E-state index contributed by atoms with van der Waals surface area (Å²) in [6.45, 7) is 9.84. The first kappa shape index (κ1) is 16.1. The monoisotopic (exact) mass is 290 g/mol. The Morgan fingerprint density at radius 1 is 1.14 bits per heavy atom.